The molecule has 0 saturated heterocycles. The Morgan fingerprint density at radius 1 is 0.432 bits per heavy atom. The van der Waals surface area contributed by atoms with Crippen LogP contribution in [0.25, 0.3) is 8.47 Å². The van der Waals surface area contributed by atoms with Crippen molar-refractivity contribution in [1.29, 1.82) is 0 Å². The summed E-state index contributed by atoms with van der Waals surface area (Å²) >= 11 is 26.4. The average molecular weight is 802 g/mol. The molecule has 0 bridgehead atoms. The highest BCUT2D eigenvalue weighted by atomic mass is 32.3. The van der Waals surface area contributed by atoms with Gasteiger partial charge in [0.2, 0.25) is 0 Å². The molecule has 44 heavy (non-hydrogen) atoms. The molecule has 0 nitrogen and oxygen atoms in total. The molecule has 2 aliphatic heterocycles. The Bertz CT molecular complexity index is 1150. The number of unbranched alkanes of at least 4 members (excludes halogenated alkanes) is 12. The van der Waals surface area contributed by atoms with Gasteiger partial charge >= 0.3 is 0 Å². The lowest BCUT2D eigenvalue weighted by molar-refractivity contribution is 0.707. The van der Waals surface area contributed by atoms with Gasteiger partial charge in [0.25, 0.3) is 0 Å². The average Bonchev–Trinajstić information content (AvgIpc) is 3.73. The van der Waals surface area contributed by atoms with Crippen molar-refractivity contribution in [3.05, 3.63) is 29.2 Å². The third-order valence-electron chi connectivity index (χ3n) is 6.92. The van der Waals surface area contributed by atoms with Gasteiger partial charge in [-0.3, -0.25) is 0 Å². The smallest absolute Gasteiger partial charge is 0.110 e. The second kappa shape index (κ2) is 25.3. The van der Waals surface area contributed by atoms with E-state index in [0.29, 0.717) is 0 Å². The normalized spacial score (nSPS) is 15.5. The standard InChI is InChI=1S/C33H52S11/c1-5-9-13-17-21-35-28-29(36-22-18-14-10-6-2)42-27(41-28)25-26(34)40-32(39-25)33-43-30(37-23-19-15-11-7-3)31(44-33)38-24-20-16-12-8-4/h5-24H2,1-4H3. The minimum absolute atomic E-state index is 1.09. The number of hydrogen-bond acceptors (Lipinski definition) is 11. The lowest BCUT2D eigenvalue weighted by Gasteiger charge is -2.05. The predicted molar refractivity (Wildman–Crippen MR) is 230 cm³/mol. The van der Waals surface area contributed by atoms with Crippen molar-refractivity contribution in [3.8, 4) is 0 Å². The third kappa shape index (κ3) is 15.0. The van der Waals surface area contributed by atoms with Gasteiger partial charge in [-0.15, -0.1) is 69.7 Å². The van der Waals surface area contributed by atoms with Crippen LogP contribution in [0.5, 0.6) is 0 Å². The van der Waals surface area contributed by atoms with Crippen LogP contribution in [0.4, 0.5) is 0 Å². The summed E-state index contributed by atoms with van der Waals surface area (Å²) in [6.07, 6.45) is 21.4. The highest BCUT2D eigenvalue weighted by Crippen LogP contribution is 2.59. The first-order valence-electron chi connectivity index (χ1n) is 16.7. The molecular weight excluding hydrogens is 749 g/mol. The van der Waals surface area contributed by atoms with Crippen LogP contribution in [0.3, 0.4) is 0 Å². The van der Waals surface area contributed by atoms with E-state index in [2.05, 4.69) is 74.7 Å². The molecule has 0 N–H and O–H groups in total. The zero-order valence-corrected chi connectivity index (χ0v) is 36.1. The van der Waals surface area contributed by atoms with Gasteiger partial charge in [-0.25, -0.2) is 0 Å². The van der Waals surface area contributed by atoms with Gasteiger partial charge < -0.3 is 0 Å². The van der Waals surface area contributed by atoms with E-state index < -0.39 is 0 Å². The highest BCUT2D eigenvalue weighted by Gasteiger charge is 2.26. The predicted octanol–water partition coefficient (Wildman–Crippen LogP) is 15.1. The van der Waals surface area contributed by atoms with Gasteiger partial charge in [0, 0.05) is 0 Å². The van der Waals surface area contributed by atoms with Crippen molar-refractivity contribution in [2.75, 3.05) is 23.0 Å². The van der Waals surface area contributed by atoms with E-state index in [9.17, 15) is 0 Å². The zero-order chi connectivity index (χ0) is 31.4. The van der Waals surface area contributed by atoms with Crippen LogP contribution in [0.2, 0.25) is 0 Å². The van der Waals surface area contributed by atoms with E-state index >= 15 is 0 Å². The molecular formula is C33H52S11. The summed E-state index contributed by atoms with van der Waals surface area (Å²) in [6, 6.07) is 0. The van der Waals surface area contributed by atoms with Crippen LogP contribution in [0.15, 0.2) is 16.9 Å². The molecule has 0 spiro atoms. The third-order valence-corrected chi connectivity index (χ3v) is 22.1. The quantitative estimate of drug-likeness (QED) is 0.0734. The van der Waals surface area contributed by atoms with Gasteiger partial charge in [0.05, 0.1) is 30.0 Å². The first-order chi connectivity index (χ1) is 21.6. The molecule has 3 heterocycles. The number of thioether (sulfide) groups is 8. The van der Waals surface area contributed by atoms with Crippen LogP contribution in [0, 0.1) is 3.82 Å². The number of rotatable bonds is 24. The van der Waals surface area contributed by atoms with Crippen molar-refractivity contribution in [3.63, 3.8) is 0 Å². The molecule has 250 valence electrons. The van der Waals surface area contributed by atoms with E-state index in [4.69, 9.17) is 12.2 Å². The molecule has 0 aromatic carbocycles. The molecule has 0 amide bonds. The highest BCUT2D eigenvalue weighted by molar-refractivity contribution is 8.46. The van der Waals surface area contributed by atoms with Crippen LogP contribution in [-0.4, -0.2) is 23.0 Å². The van der Waals surface area contributed by atoms with Crippen LogP contribution in [0.1, 0.15) is 130 Å². The lowest BCUT2D eigenvalue weighted by Crippen LogP contribution is -1.96. The Morgan fingerprint density at radius 2 is 0.773 bits per heavy atom. The minimum Gasteiger partial charge on any atom is -0.119 e. The Labute approximate surface area is 316 Å². The maximum Gasteiger partial charge on any atom is 0.110 e. The maximum atomic E-state index is 6.07. The van der Waals surface area contributed by atoms with Gasteiger partial charge in [-0.1, -0.05) is 164 Å². The largest absolute Gasteiger partial charge is 0.119 e. The van der Waals surface area contributed by atoms with E-state index in [1.165, 1.54) is 143 Å². The summed E-state index contributed by atoms with van der Waals surface area (Å²) in [4.78, 5) is 0. The van der Waals surface area contributed by atoms with Crippen molar-refractivity contribution in [2.24, 2.45) is 0 Å². The van der Waals surface area contributed by atoms with Crippen LogP contribution in [-0.2, 0) is 0 Å². The molecule has 0 aliphatic carbocycles. The second-order valence-electron chi connectivity index (χ2n) is 10.9. The Balaban J connectivity index is 1.75. The lowest BCUT2D eigenvalue weighted by atomic mass is 10.2. The zero-order valence-electron chi connectivity index (χ0n) is 27.1. The summed E-state index contributed by atoms with van der Waals surface area (Å²) in [5.74, 6) is 4.97. The fourth-order valence-electron chi connectivity index (χ4n) is 4.34. The van der Waals surface area contributed by atoms with Crippen molar-refractivity contribution in [2.45, 2.75) is 130 Å². The summed E-state index contributed by atoms with van der Waals surface area (Å²) in [6.45, 7) is 9.21. The van der Waals surface area contributed by atoms with E-state index in [-0.39, 0.29) is 0 Å². The first-order valence-corrected chi connectivity index (χ1v) is 26.0. The molecule has 0 fully saturated rings. The fraction of sp³-hybridized carbons (Fsp3) is 0.727. The summed E-state index contributed by atoms with van der Waals surface area (Å²) < 4.78 is 13.0. The number of hydrogen-bond donors (Lipinski definition) is 0. The monoisotopic (exact) mass is 800 g/mol. The van der Waals surface area contributed by atoms with Gasteiger partial charge in [-0.2, -0.15) is 0 Å². The summed E-state index contributed by atoms with van der Waals surface area (Å²) in [7, 11) is 0. The molecule has 11 heteroatoms. The van der Waals surface area contributed by atoms with Crippen LogP contribution >= 0.6 is 129 Å². The van der Waals surface area contributed by atoms with Crippen molar-refractivity contribution >= 4 is 137 Å². The molecule has 0 saturated carbocycles. The molecule has 3 rings (SSSR count). The van der Waals surface area contributed by atoms with E-state index in [1.807, 2.05) is 69.7 Å². The maximum absolute atomic E-state index is 6.07. The van der Waals surface area contributed by atoms with Gasteiger partial charge in [-0.05, 0) is 48.7 Å². The SMILES string of the molecule is CCCCCCSC1=C(SCCCCCC)SC(=c2sc(=S)c(=C3SC(SCCCCCC)=C(SCCCCCC)S3)s2)S1. The molecule has 2 aliphatic rings. The van der Waals surface area contributed by atoms with Crippen molar-refractivity contribution in [1.82, 2.24) is 0 Å². The van der Waals surface area contributed by atoms with E-state index in [0.717, 1.165) is 3.82 Å². The summed E-state index contributed by atoms with van der Waals surface area (Å²) in [5.41, 5.74) is 0. The fourth-order valence-corrected chi connectivity index (χ4v) is 20.0. The minimum atomic E-state index is 1.09. The van der Waals surface area contributed by atoms with E-state index in [1.54, 1.807) is 16.9 Å². The van der Waals surface area contributed by atoms with Gasteiger partial charge in [0.1, 0.15) is 7.67 Å². The topological polar surface area (TPSA) is 0 Å². The summed E-state index contributed by atoms with van der Waals surface area (Å²) in [5, 5.41) is 0. The first kappa shape index (κ1) is 40.7. The van der Waals surface area contributed by atoms with Gasteiger partial charge in [0.15, 0.2) is 0 Å². The molecule has 0 unspecified atom stereocenters. The Kier molecular flexibility index (Phi) is 23.4. The second-order valence-corrected chi connectivity index (χ2v) is 23.9. The van der Waals surface area contributed by atoms with Crippen molar-refractivity contribution < 1.29 is 0 Å². The Hall–Kier alpha value is 2.29. The molecule has 0 radical (unpaired) electrons. The van der Waals surface area contributed by atoms with Crippen LogP contribution < -0.4 is 8.38 Å². The molecule has 1 aromatic heterocycles. The Morgan fingerprint density at radius 3 is 1.11 bits per heavy atom. The molecule has 1 aromatic rings. The molecule has 0 atom stereocenters.